The van der Waals surface area contributed by atoms with Crippen molar-refractivity contribution in [3.63, 3.8) is 0 Å². The van der Waals surface area contributed by atoms with Gasteiger partial charge in [0.15, 0.2) is 0 Å². The molecule has 3 rings (SSSR count). The highest BCUT2D eigenvalue weighted by molar-refractivity contribution is 5.89. The van der Waals surface area contributed by atoms with Crippen molar-refractivity contribution in [1.29, 1.82) is 0 Å². The number of carboxylic acid groups (broad SMARTS) is 1. The molecule has 1 aliphatic carbocycles. The number of benzene rings is 2. The Bertz CT molecular complexity index is 1210. The molecule has 0 unspecified atom stereocenters. The van der Waals surface area contributed by atoms with Crippen LogP contribution in [0.4, 0.5) is 9.59 Å². The predicted octanol–water partition coefficient (Wildman–Crippen LogP) is 5.20. The number of fused-ring (bicyclic) bond motifs is 3. The molecule has 0 spiro atoms. The molecule has 0 radical (unpaired) electrons. The molecule has 228 valence electrons. The highest BCUT2D eigenvalue weighted by Gasteiger charge is 2.31. The molecule has 42 heavy (non-hydrogen) atoms. The summed E-state index contributed by atoms with van der Waals surface area (Å²) >= 11 is 0. The van der Waals surface area contributed by atoms with Gasteiger partial charge in [0, 0.05) is 12.5 Å². The molecule has 2 aromatic rings. The number of carboxylic acids is 1. The summed E-state index contributed by atoms with van der Waals surface area (Å²) in [6.07, 6.45) is 0.145. The van der Waals surface area contributed by atoms with Crippen molar-refractivity contribution in [3.8, 4) is 11.1 Å². The van der Waals surface area contributed by atoms with Gasteiger partial charge in [0.2, 0.25) is 5.91 Å². The van der Waals surface area contributed by atoms with Gasteiger partial charge in [-0.15, -0.1) is 0 Å². The van der Waals surface area contributed by atoms with Crippen LogP contribution in [0.15, 0.2) is 48.5 Å². The zero-order valence-corrected chi connectivity index (χ0v) is 25.1. The van der Waals surface area contributed by atoms with Crippen molar-refractivity contribution < 1.29 is 33.8 Å². The Morgan fingerprint density at radius 2 is 1.45 bits per heavy atom. The molecule has 4 N–H and O–H groups in total. The Morgan fingerprint density at radius 1 is 0.857 bits per heavy atom. The average molecular weight is 582 g/mol. The molecule has 2 atom stereocenters. The lowest BCUT2D eigenvalue weighted by Gasteiger charge is -2.23. The minimum Gasteiger partial charge on any atom is -0.480 e. The Kier molecular flexibility index (Phi) is 11.4. The van der Waals surface area contributed by atoms with Crippen LogP contribution in [0.3, 0.4) is 0 Å². The van der Waals surface area contributed by atoms with Crippen molar-refractivity contribution in [2.75, 3.05) is 13.2 Å². The Labute approximate surface area is 247 Å². The molecule has 10 nitrogen and oxygen atoms in total. The normalized spacial score (nSPS) is 13.9. The fraction of sp³-hybridized carbons (Fsp3) is 0.500. The summed E-state index contributed by atoms with van der Waals surface area (Å²) in [6.45, 7) is 9.53. The van der Waals surface area contributed by atoms with E-state index in [2.05, 4.69) is 16.0 Å². The van der Waals surface area contributed by atoms with Crippen molar-refractivity contribution in [2.24, 2.45) is 5.92 Å². The first-order valence-electron chi connectivity index (χ1n) is 14.5. The van der Waals surface area contributed by atoms with Crippen LogP contribution in [0.25, 0.3) is 11.1 Å². The molecule has 3 amide bonds. The standard InChI is InChI=1S/C32H43N3O7/c1-20(2)18-27(28(36)34-26(29(37)38)16-10-11-17-33-30(39)42-32(3,4)5)35-31(40)41-19-25-23-14-8-6-12-21(23)22-13-7-9-15-24(22)25/h6-9,12-15,20,25-27H,10-11,16-19H2,1-5H3,(H,33,39)(H,34,36)(H,35,40)(H,37,38)/t26-,27+/m1/s1. The van der Waals surface area contributed by atoms with Gasteiger partial charge >= 0.3 is 18.2 Å². The van der Waals surface area contributed by atoms with E-state index in [0.717, 1.165) is 22.3 Å². The molecule has 0 aliphatic heterocycles. The molecule has 0 heterocycles. The van der Waals surface area contributed by atoms with Gasteiger partial charge in [-0.3, -0.25) is 4.79 Å². The van der Waals surface area contributed by atoms with Gasteiger partial charge in [-0.2, -0.15) is 0 Å². The Balaban J connectivity index is 1.53. The maximum absolute atomic E-state index is 13.1. The van der Waals surface area contributed by atoms with E-state index in [9.17, 15) is 24.3 Å². The van der Waals surface area contributed by atoms with Gasteiger partial charge < -0.3 is 30.5 Å². The minimum atomic E-state index is -1.17. The van der Waals surface area contributed by atoms with Crippen LogP contribution in [-0.2, 0) is 19.1 Å². The third-order valence-corrected chi connectivity index (χ3v) is 6.86. The maximum atomic E-state index is 13.1. The van der Waals surface area contributed by atoms with Gasteiger partial charge in [0.1, 0.15) is 24.3 Å². The zero-order chi connectivity index (χ0) is 30.9. The van der Waals surface area contributed by atoms with Crippen LogP contribution in [0.1, 0.15) is 77.3 Å². The first kappa shape index (κ1) is 32.4. The van der Waals surface area contributed by atoms with Crippen molar-refractivity contribution in [3.05, 3.63) is 59.7 Å². The second kappa shape index (κ2) is 14.7. The van der Waals surface area contributed by atoms with Gasteiger partial charge in [-0.1, -0.05) is 62.4 Å². The lowest BCUT2D eigenvalue weighted by Crippen LogP contribution is -2.52. The molecule has 10 heteroatoms. The summed E-state index contributed by atoms with van der Waals surface area (Å²) in [5.41, 5.74) is 3.77. The van der Waals surface area contributed by atoms with E-state index < -0.39 is 41.7 Å². The third kappa shape index (κ3) is 9.49. The lowest BCUT2D eigenvalue weighted by atomic mass is 9.98. The number of unbranched alkanes of at least 4 members (excludes halogenated alkanes) is 1. The number of aliphatic carboxylic acids is 1. The van der Waals surface area contributed by atoms with E-state index >= 15 is 0 Å². The van der Waals surface area contributed by atoms with Crippen LogP contribution in [0.2, 0.25) is 0 Å². The summed E-state index contributed by atoms with van der Waals surface area (Å²) < 4.78 is 10.8. The number of carbonyl (C=O) groups excluding carboxylic acids is 3. The molecule has 0 saturated heterocycles. The maximum Gasteiger partial charge on any atom is 0.407 e. The van der Waals surface area contributed by atoms with Gasteiger partial charge in [-0.25, -0.2) is 14.4 Å². The average Bonchev–Trinajstić information content (AvgIpc) is 3.23. The first-order chi connectivity index (χ1) is 19.9. The topological polar surface area (TPSA) is 143 Å². The number of hydrogen-bond acceptors (Lipinski definition) is 6. The molecule has 2 aromatic carbocycles. The summed E-state index contributed by atoms with van der Waals surface area (Å²) in [5.74, 6) is -1.83. The number of rotatable bonds is 13. The van der Waals surface area contributed by atoms with E-state index in [1.807, 2.05) is 62.4 Å². The second-order valence-electron chi connectivity index (χ2n) is 12.0. The first-order valence-corrected chi connectivity index (χ1v) is 14.5. The monoisotopic (exact) mass is 581 g/mol. The number of ether oxygens (including phenoxy) is 2. The van der Waals surface area contributed by atoms with Crippen LogP contribution in [0, 0.1) is 5.92 Å². The van der Waals surface area contributed by atoms with Crippen LogP contribution < -0.4 is 16.0 Å². The molecule has 0 aromatic heterocycles. The van der Waals surface area contributed by atoms with Crippen molar-refractivity contribution >= 4 is 24.1 Å². The van der Waals surface area contributed by atoms with E-state index in [4.69, 9.17) is 9.47 Å². The summed E-state index contributed by atoms with van der Waals surface area (Å²) in [7, 11) is 0. The molecular weight excluding hydrogens is 538 g/mol. The SMILES string of the molecule is CC(C)C[C@H](NC(=O)OCC1c2ccccc2-c2ccccc21)C(=O)N[C@H](CCCCNC(=O)OC(C)(C)C)C(=O)O. The number of alkyl carbamates (subject to hydrolysis) is 2. The minimum absolute atomic E-state index is 0.0526. The van der Waals surface area contributed by atoms with Gasteiger partial charge in [-0.05, 0) is 74.6 Å². The predicted molar refractivity (Wildman–Crippen MR) is 159 cm³/mol. The van der Waals surface area contributed by atoms with Crippen molar-refractivity contribution in [2.45, 2.75) is 83.9 Å². The number of hydrogen-bond donors (Lipinski definition) is 4. The van der Waals surface area contributed by atoms with Crippen molar-refractivity contribution in [1.82, 2.24) is 16.0 Å². The number of carbonyl (C=O) groups is 4. The van der Waals surface area contributed by atoms with E-state index in [1.165, 1.54) is 0 Å². The van der Waals surface area contributed by atoms with Crippen LogP contribution in [-0.4, -0.2) is 60.0 Å². The fourth-order valence-electron chi connectivity index (χ4n) is 4.99. The van der Waals surface area contributed by atoms with E-state index in [-0.39, 0.29) is 24.9 Å². The smallest absolute Gasteiger partial charge is 0.407 e. The number of nitrogens with one attached hydrogen (secondary N) is 3. The Morgan fingerprint density at radius 3 is 2.00 bits per heavy atom. The molecular formula is C32H43N3O7. The van der Waals surface area contributed by atoms with Crippen LogP contribution in [0.5, 0.6) is 0 Å². The third-order valence-electron chi connectivity index (χ3n) is 6.86. The van der Waals surface area contributed by atoms with E-state index in [1.54, 1.807) is 20.8 Å². The summed E-state index contributed by atoms with van der Waals surface area (Å²) in [4.78, 5) is 49.6. The largest absolute Gasteiger partial charge is 0.480 e. The molecule has 0 fully saturated rings. The Hall–Kier alpha value is -4.08. The highest BCUT2D eigenvalue weighted by Crippen LogP contribution is 2.44. The van der Waals surface area contributed by atoms with Gasteiger partial charge in [0.25, 0.3) is 0 Å². The lowest BCUT2D eigenvalue weighted by molar-refractivity contribution is -0.142. The number of amides is 3. The van der Waals surface area contributed by atoms with E-state index in [0.29, 0.717) is 25.8 Å². The van der Waals surface area contributed by atoms with Gasteiger partial charge in [0.05, 0.1) is 0 Å². The quantitative estimate of drug-likeness (QED) is 0.238. The summed E-state index contributed by atoms with van der Waals surface area (Å²) in [6, 6.07) is 13.9. The fourth-order valence-corrected chi connectivity index (χ4v) is 4.99. The van der Waals surface area contributed by atoms with Crippen LogP contribution >= 0.6 is 0 Å². The molecule has 0 bridgehead atoms. The molecule has 0 saturated carbocycles. The second-order valence-corrected chi connectivity index (χ2v) is 12.0. The highest BCUT2D eigenvalue weighted by atomic mass is 16.6. The zero-order valence-electron chi connectivity index (χ0n) is 25.1. The summed E-state index contributed by atoms with van der Waals surface area (Å²) in [5, 5.41) is 17.5. The molecule has 1 aliphatic rings.